The summed E-state index contributed by atoms with van der Waals surface area (Å²) in [5.74, 6) is -0.662. The third-order valence-electron chi connectivity index (χ3n) is 3.33. The number of hydrogen-bond donors (Lipinski definition) is 1. The van der Waals surface area contributed by atoms with E-state index in [0.29, 0.717) is 6.54 Å². The number of rotatable bonds is 3. The summed E-state index contributed by atoms with van der Waals surface area (Å²) in [4.78, 5) is 11.7. The van der Waals surface area contributed by atoms with Gasteiger partial charge >= 0.3 is 5.97 Å². The number of methoxy groups -OCH3 is 1. The van der Waals surface area contributed by atoms with Crippen LogP contribution in [0.1, 0.15) is 23.2 Å². The van der Waals surface area contributed by atoms with Crippen LogP contribution in [0.2, 0.25) is 0 Å². The molecule has 2 N–H and O–H groups in total. The van der Waals surface area contributed by atoms with Crippen molar-refractivity contribution < 1.29 is 17.9 Å². The van der Waals surface area contributed by atoms with Gasteiger partial charge in [0.25, 0.3) is 0 Å². The third kappa shape index (κ3) is 3.74. The molecule has 0 amide bonds. The second-order valence-corrected chi connectivity index (χ2v) is 6.66. The van der Waals surface area contributed by atoms with Gasteiger partial charge in [0.1, 0.15) is 0 Å². The van der Waals surface area contributed by atoms with Gasteiger partial charge in [-0.25, -0.2) is 13.2 Å². The van der Waals surface area contributed by atoms with E-state index in [1.165, 1.54) is 23.5 Å². The molecule has 1 heterocycles. The van der Waals surface area contributed by atoms with Crippen LogP contribution in [-0.4, -0.2) is 44.9 Å². The lowest BCUT2D eigenvalue weighted by molar-refractivity contribution is 0.0596. The van der Waals surface area contributed by atoms with Crippen molar-refractivity contribution in [1.29, 1.82) is 0 Å². The molecule has 1 unspecified atom stereocenters. The van der Waals surface area contributed by atoms with Crippen LogP contribution < -0.4 is 5.73 Å². The minimum atomic E-state index is -3.73. The lowest BCUT2D eigenvalue weighted by atomic mass is 10.1. The monoisotopic (exact) mass is 334 g/mol. The molecule has 1 saturated heterocycles. The van der Waals surface area contributed by atoms with Gasteiger partial charge in [-0.3, -0.25) is 0 Å². The Bertz CT molecular complexity index is 606. The Morgan fingerprint density at radius 1 is 1.38 bits per heavy atom. The molecule has 2 rings (SSSR count). The fourth-order valence-corrected chi connectivity index (χ4v) is 4.02. The van der Waals surface area contributed by atoms with E-state index in [1.807, 2.05) is 0 Å². The van der Waals surface area contributed by atoms with Gasteiger partial charge in [-0.1, -0.05) is 12.1 Å². The molecule has 0 saturated carbocycles. The number of halogens is 1. The van der Waals surface area contributed by atoms with Crippen LogP contribution in [0.5, 0.6) is 0 Å². The van der Waals surface area contributed by atoms with E-state index in [2.05, 4.69) is 4.74 Å². The second kappa shape index (κ2) is 7.22. The van der Waals surface area contributed by atoms with Gasteiger partial charge in [0.05, 0.1) is 17.6 Å². The maximum atomic E-state index is 12.6. The SMILES string of the molecule is COC(=O)c1ccccc1S(=O)(=O)N1CCCC(N)C1.Cl. The van der Waals surface area contributed by atoms with Crippen LogP contribution in [-0.2, 0) is 14.8 Å². The summed E-state index contributed by atoms with van der Waals surface area (Å²) in [6.07, 6.45) is 1.53. The van der Waals surface area contributed by atoms with Gasteiger partial charge in [0.15, 0.2) is 0 Å². The molecule has 1 aromatic rings. The molecule has 1 fully saturated rings. The molecule has 21 heavy (non-hydrogen) atoms. The third-order valence-corrected chi connectivity index (χ3v) is 5.25. The summed E-state index contributed by atoms with van der Waals surface area (Å²) in [7, 11) is -2.50. The molecule has 0 bridgehead atoms. The number of carbonyl (C=O) groups excluding carboxylic acids is 1. The van der Waals surface area contributed by atoms with E-state index >= 15 is 0 Å². The molecule has 0 radical (unpaired) electrons. The fraction of sp³-hybridized carbons (Fsp3) is 0.462. The van der Waals surface area contributed by atoms with Crippen LogP contribution in [0, 0.1) is 0 Å². The van der Waals surface area contributed by atoms with Crippen LogP contribution in [0.15, 0.2) is 29.2 Å². The highest BCUT2D eigenvalue weighted by atomic mass is 35.5. The Kier molecular flexibility index (Phi) is 6.15. The minimum absolute atomic E-state index is 0. The number of esters is 1. The zero-order chi connectivity index (χ0) is 14.8. The van der Waals surface area contributed by atoms with Crippen molar-refractivity contribution in [2.75, 3.05) is 20.2 Å². The van der Waals surface area contributed by atoms with Crippen molar-refractivity contribution >= 4 is 28.4 Å². The molecule has 1 aliphatic rings. The summed E-state index contributed by atoms with van der Waals surface area (Å²) in [6, 6.07) is 5.89. The normalized spacial score (nSPS) is 19.6. The minimum Gasteiger partial charge on any atom is -0.465 e. The molecule has 0 spiro atoms. The van der Waals surface area contributed by atoms with Crippen LogP contribution in [0.3, 0.4) is 0 Å². The van der Waals surface area contributed by atoms with E-state index in [1.54, 1.807) is 12.1 Å². The van der Waals surface area contributed by atoms with E-state index < -0.39 is 16.0 Å². The molecule has 1 aromatic carbocycles. The van der Waals surface area contributed by atoms with Crippen molar-refractivity contribution in [3.63, 3.8) is 0 Å². The van der Waals surface area contributed by atoms with Gasteiger partial charge in [0.2, 0.25) is 10.0 Å². The van der Waals surface area contributed by atoms with E-state index in [-0.39, 0.29) is 35.5 Å². The Hall–Kier alpha value is -1.15. The van der Waals surface area contributed by atoms with Gasteiger partial charge < -0.3 is 10.5 Å². The summed E-state index contributed by atoms with van der Waals surface area (Å²) in [6.45, 7) is 0.698. The van der Waals surface area contributed by atoms with E-state index in [0.717, 1.165) is 12.8 Å². The largest absolute Gasteiger partial charge is 0.465 e. The number of nitrogens with zero attached hydrogens (tertiary/aromatic N) is 1. The molecule has 1 atom stereocenters. The van der Waals surface area contributed by atoms with E-state index in [4.69, 9.17) is 5.73 Å². The number of carbonyl (C=O) groups is 1. The Morgan fingerprint density at radius 3 is 2.67 bits per heavy atom. The van der Waals surface area contributed by atoms with Crippen molar-refractivity contribution in [1.82, 2.24) is 4.31 Å². The molecular weight excluding hydrogens is 316 g/mol. The zero-order valence-electron chi connectivity index (χ0n) is 11.7. The summed E-state index contributed by atoms with van der Waals surface area (Å²) in [5.41, 5.74) is 5.88. The van der Waals surface area contributed by atoms with Gasteiger partial charge in [-0.05, 0) is 25.0 Å². The van der Waals surface area contributed by atoms with Crippen LogP contribution in [0.25, 0.3) is 0 Å². The zero-order valence-corrected chi connectivity index (χ0v) is 13.3. The Morgan fingerprint density at radius 2 is 2.05 bits per heavy atom. The van der Waals surface area contributed by atoms with Crippen LogP contribution >= 0.6 is 12.4 Å². The first-order valence-corrected chi connectivity index (χ1v) is 7.84. The number of piperidine rings is 1. The second-order valence-electron chi connectivity index (χ2n) is 4.75. The molecule has 118 valence electrons. The number of benzene rings is 1. The fourth-order valence-electron chi connectivity index (χ4n) is 2.30. The van der Waals surface area contributed by atoms with Crippen molar-refractivity contribution in [2.24, 2.45) is 5.73 Å². The summed E-state index contributed by atoms with van der Waals surface area (Å²) < 4.78 is 31.2. The Labute approximate surface area is 130 Å². The predicted octanol–water partition coefficient (Wildman–Crippen LogP) is 1.01. The maximum Gasteiger partial charge on any atom is 0.339 e. The van der Waals surface area contributed by atoms with Gasteiger partial charge in [0, 0.05) is 19.1 Å². The topological polar surface area (TPSA) is 89.7 Å². The lowest BCUT2D eigenvalue weighted by Gasteiger charge is -2.30. The highest BCUT2D eigenvalue weighted by Gasteiger charge is 2.31. The number of ether oxygens (including phenoxy) is 1. The lowest BCUT2D eigenvalue weighted by Crippen LogP contribution is -2.45. The van der Waals surface area contributed by atoms with Crippen LogP contribution in [0.4, 0.5) is 0 Å². The summed E-state index contributed by atoms with van der Waals surface area (Å²) in [5, 5.41) is 0. The predicted molar refractivity (Wildman–Crippen MR) is 81.0 cm³/mol. The smallest absolute Gasteiger partial charge is 0.339 e. The van der Waals surface area contributed by atoms with Gasteiger partial charge in [-0.2, -0.15) is 4.31 Å². The molecule has 8 heteroatoms. The molecule has 0 aromatic heterocycles. The number of hydrogen-bond acceptors (Lipinski definition) is 5. The standard InChI is InChI=1S/C13H18N2O4S.ClH/c1-19-13(16)11-6-2-3-7-12(11)20(17,18)15-8-4-5-10(14)9-15;/h2-3,6-7,10H,4-5,8-9,14H2,1H3;1H. The van der Waals surface area contributed by atoms with Crippen molar-refractivity contribution in [3.05, 3.63) is 29.8 Å². The van der Waals surface area contributed by atoms with Crippen molar-refractivity contribution in [3.8, 4) is 0 Å². The number of sulfonamides is 1. The maximum absolute atomic E-state index is 12.6. The molecule has 6 nitrogen and oxygen atoms in total. The van der Waals surface area contributed by atoms with E-state index in [9.17, 15) is 13.2 Å². The van der Waals surface area contributed by atoms with Crippen molar-refractivity contribution in [2.45, 2.75) is 23.8 Å². The average molecular weight is 335 g/mol. The quantitative estimate of drug-likeness (QED) is 0.833. The van der Waals surface area contributed by atoms with Gasteiger partial charge in [-0.15, -0.1) is 12.4 Å². The molecular formula is C13H19ClN2O4S. The highest BCUT2D eigenvalue weighted by molar-refractivity contribution is 7.89. The number of nitrogens with two attached hydrogens (primary N) is 1. The molecule has 0 aliphatic carbocycles. The Balaban J connectivity index is 0.00000220. The first kappa shape index (κ1) is 17.9. The first-order chi connectivity index (χ1) is 9.46. The summed E-state index contributed by atoms with van der Waals surface area (Å²) >= 11 is 0. The highest BCUT2D eigenvalue weighted by Crippen LogP contribution is 2.23. The average Bonchev–Trinajstić information content (AvgIpc) is 2.46. The first-order valence-electron chi connectivity index (χ1n) is 6.40. The molecule has 1 aliphatic heterocycles.